The Labute approximate surface area is 120 Å². The first-order valence-corrected chi connectivity index (χ1v) is 7.30. The van der Waals surface area contributed by atoms with E-state index in [0.717, 1.165) is 31.5 Å². The highest BCUT2D eigenvalue weighted by atomic mass is 16.3. The number of hydrogen-bond acceptors (Lipinski definition) is 2. The fraction of sp³-hybridized carbons (Fsp3) is 0.333. The molecule has 2 nitrogen and oxygen atoms in total. The van der Waals surface area contributed by atoms with Crippen LogP contribution in [0.15, 0.2) is 60.7 Å². The Morgan fingerprint density at radius 3 is 2.30 bits per heavy atom. The fourth-order valence-corrected chi connectivity index (χ4v) is 3.08. The van der Waals surface area contributed by atoms with Gasteiger partial charge in [-0.05, 0) is 30.5 Å². The highest BCUT2D eigenvalue weighted by molar-refractivity contribution is 5.23. The van der Waals surface area contributed by atoms with Crippen LogP contribution in [0.1, 0.15) is 24.0 Å². The van der Waals surface area contributed by atoms with Crippen molar-refractivity contribution in [2.75, 3.05) is 13.1 Å². The van der Waals surface area contributed by atoms with Crippen LogP contribution in [0.4, 0.5) is 0 Å². The number of benzene rings is 2. The van der Waals surface area contributed by atoms with Crippen LogP contribution in [-0.2, 0) is 12.1 Å². The molecule has 1 aliphatic rings. The van der Waals surface area contributed by atoms with E-state index in [1.807, 2.05) is 36.4 Å². The summed E-state index contributed by atoms with van der Waals surface area (Å²) in [5.41, 5.74) is 1.65. The summed E-state index contributed by atoms with van der Waals surface area (Å²) in [6.45, 7) is 2.69. The molecule has 0 aliphatic carbocycles. The summed E-state index contributed by atoms with van der Waals surface area (Å²) in [4.78, 5) is 2.35. The van der Waals surface area contributed by atoms with Gasteiger partial charge < -0.3 is 5.11 Å². The summed E-state index contributed by atoms with van der Waals surface area (Å²) in [5, 5.41) is 10.9. The van der Waals surface area contributed by atoms with Crippen molar-refractivity contribution in [1.29, 1.82) is 0 Å². The Morgan fingerprint density at radius 1 is 0.950 bits per heavy atom. The lowest BCUT2D eigenvalue weighted by Gasteiger charge is -2.39. The van der Waals surface area contributed by atoms with E-state index in [-0.39, 0.29) is 0 Å². The van der Waals surface area contributed by atoms with E-state index in [1.54, 1.807) is 0 Å². The average molecular weight is 267 g/mol. The highest BCUT2D eigenvalue weighted by Gasteiger charge is 2.34. The minimum atomic E-state index is -0.700. The minimum absolute atomic E-state index is 0.700. The van der Waals surface area contributed by atoms with E-state index >= 15 is 0 Å². The van der Waals surface area contributed by atoms with Crippen molar-refractivity contribution in [3.8, 4) is 0 Å². The summed E-state index contributed by atoms with van der Waals surface area (Å²) < 4.78 is 0. The molecule has 1 saturated heterocycles. The van der Waals surface area contributed by atoms with Crippen LogP contribution in [0, 0.1) is 0 Å². The van der Waals surface area contributed by atoms with Gasteiger partial charge in [0.2, 0.25) is 0 Å². The predicted molar refractivity (Wildman–Crippen MR) is 81.3 cm³/mol. The molecule has 1 N–H and O–H groups in total. The first kappa shape index (κ1) is 13.3. The van der Waals surface area contributed by atoms with Crippen molar-refractivity contribution in [2.24, 2.45) is 0 Å². The van der Waals surface area contributed by atoms with E-state index in [9.17, 15) is 5.11 Å². The van der Waals surface area contributed by atoms with Crippen LogP contribution in [0.25, 0.3) is 0 Å². The zero-order valence-electron chi connectivity index (χ0n) is 11.7. The van der Waals surface area contributed by atoms with Crippen molar-refractivity contribution in [1.82, 2.24) is 4.90 Å². The molecule has 0 aromatic heterocycles. The highest BCUT2D eigenvalue weighted by Crippen LogP contribution is 2.31. The van der Waals surface area contributed by atoms with Gasteiger partial charge in [-0.15, -0.1) is 0 Å². The van der Waals surface area contributed by atoms with Crippen LogP contribution >= 0.6 is 0 Å². The fourth-order valence-electron chi connectivity index (χ4n) is 3.08. The van der Waals surface area contributed by atoms with Crippen molar-refractivity contribution < 1.29 is 5.11 Å². The maximum absolute atomic E-state index is 10.9. The van der Waals surface area contributed by atoms with Gasteiger partial charge in [-0.3, -0.25) is 4.90 Å². The molecule has 2 aromatic carbocycles. The van der Waals surface area contributed by atoms with Gasteiger partial charge in [0, 0.05) is 13.1 Å². The van der Waals surface area contributed by atoms with E-state index in [4.69, 9.17) is 0 Å². The molecule has 1 atom stereocenters. The molecule has 1 heterocycles. The number of β-amino-alcohol motifs (C(OH)–C–C–N with tert-alkyl or cyclic N) is 1. The maximum atomic E-state index is 10.9. The normalized spacial score (nSPS) is 23.6. The minimum Gasteiger partial charge on any atom is -0.384 e. The van der Waals surface area contributed by atoms with Gasteiger partial charge in [0.1, 0.15) is 5.60 Å². The molecule has 3 rings (SSSR count). The number of aliphatic hydroxyl groups is 1. The molecule has 20 heavy (non-hydrogen) atoms. The summed E-state index contributed by atoms with van der Waals surface area (Å²) in [6.07, 6.45) is 1.89. The summed E-state index contributed by atoms with van der Waals surface area (Å²) in [5.74, 6) is 0. The number of rotatable bonds is 3. The number of piperidine rings is 1. The van der Waals surface area contributed by atoms with Gasteiger partial charge in [-0.25, -0.2) is 0 Å². The van der Waals surface area contributed by atoms with Crippen LogP contribution in [0.5, 0.6) is 0 Å². The van der Waals surface area contributed by atoms with Crippen LogP contribution in [0.2, 0.25) is 0 Å². The third kappa shape index (κ3) is 2.92. The molecule has 1 aliphatic heterocycles. The van der Waals surface area contributed by atoms with Crippen LogP contribution in [0.3, 0.4) is 0 Å². The molecule has 2 aromatic rings. The smallest absolute Gasteiger partial charge is 0.102 e. The zero-order chi connectivity index (χ0) is 13.8. The molecular weight excluding hydrogens is 246 g/mol. The second-order valence-electron chi connectivity index (χ2n) is 5.70. The largest absolute Gasteiger partial charge is 0.384 e. The lowest BCUT2D eigenvalue weighted by atomic mass is 9.85. The van der Waals surface area contributed by atoms with Gasteiger partial charge in [0.15, 0.2) is 0 Å². The van der Waals surface area contributed by atoms with Gasteiger partial charge in [-0.2, -0.15) is 0 Å². The molecule has 0 saturated carbocycles. The number of nitrogens with zero attached hydrogens (tertiary/aromatic N) is 1. The quantitative estimate of drug-likeness (QED) is 0.923. The first-order chi connectivity index (χ1) is 9.76. The third-order valence-corrected chi connectivity index (χ3v) is 4.11. The average Bonchev–Trinajstić information content (AvgIpc) is 2.49. The third-order valence-electron chi connectivity index (χ3n) is 4.11. The van der Waals surface area contributed by atoms with Crippen LogP contribution < -0.4 is 0 Å². The van der Waals surface area contributed by atoms with Gasteiger partial charge >= 0.3 is 0 Å². The lowest BCUT2D eigenvalue weighted by molar-refractivity contribution is -0.0381. The molecule has 0 unspecified atom stereocenters. The Morgan fingerprint density at radius 2 is 1.60 bits per heavy atom. The summed E-state index contributed by atoms with van der Waals surface area (Å²) in [6, 6.07) is 20.6. The summed E-state index contributed by atoms with van der Waals surface area (Å²) in [7, 11) is 0. The first-order valence-electron chi connectivity index (χ1n) is 7.30. The van der Waals surface area contributed by atoms with Crippen molar-refractivity contribution >= 4 is 0 Å². The van der Waals surface area contributed by atoms with Gasteiger partial charge in [0.05, 0.1) is 0 Å². The second-order valence-corrected chi connectivity index (χ2v) is 5.70. The Kier molecular flexibility index (Phi) is 3.86. The zero-order valence-corrected chi connectivity index (χ0v) is 11.7. The Balaban J connectivity index is 1.73. The molecule has 0 radical (unpaired) electrons. The van der Waals surface area contributed by atoms with E-state index in [1.165, 1.54) is 5.56 Å². The number of likely N-dealkylation sites (tertiary alicyclic amines) is 1. The van der Waals surface area contributed by atoms with Gasteiger partial charge in [0.25, 0.3) is 0 Å². The van der Waals surface area contributed by atoms with Crippen LogP contribution in [-0.4, -0.2) is 23.1 Å². The number of hydrogen-bond donors (Lipinski definition) is 1. The molecule has 1 fully saturated rings. The predicted octanol–water partition coefficient (Wildman–Crippen LogP) is 3.17. The molecule has 0 amide bonds. The SMILES string of the molecule is O[C@@]1(c2ccccc2)CCCN(Cc2ccccc2)C1. The molecule has 0 bridgehead atoms. The van der Waals surface area contributed by atoms with Gasteiger partial charge in [-0.1, -0.05) is 60.7 Å². The van der Waals surface area contributed by atoms with E-state index in [2.05, 4.69) is 29.2 Å². The molecule has 104 valence electrons. The van der Waals surface area contributed by atoms with Crippen molar-refractivity contribution in [3.05, 3.63) is 71.8 Å². The van der Waals surface area contributed by atoms with Crippen molar-refractivity contribution in [2.45, 2.75) is 25.0 Å². The van der Waals surface area contributed by atoms with Crippen molar-refractivity contribution in [3.63, 3.8) is 0 Å². The Hall–Kier alpha value is -1.64. The molecule has 2 heteroatoms. The topological polar surface area (TPSA) is 23.5 Å². The maximum Gasteiger partial charge on any atom is 0.102 e. The van der Waals surface area contributed by atoms with E-state index in [0.29, 0.717) is 6.54 Å². The van der Waals surface area contributed by atoms with E-state index < -0.39 is 5.60 Å². The Bertz CT molecular complexity index is 540. The standard InChI is InChI=1S/C18H21NO/c20-18(17-10-5-2-6-11-17)12-7-13-19(15-18)14-16-8-3-1-4-9-16/h1-6,8-11,20H,7,12-15H2/t18-/m0/s1. The summed E-state index contributed by atoms with van der Waals surface area (Å²) >= 11 is 0. The second kappa shape index (κ2) is 5.78. The molecule has 0 spiro atoms. The monoisotopic (exact) mass is 267 g/mol. The molecular formula is C18H21NO. The lowest BCUT2D eigenvalue weighted by Crippen LogP contribution is -2.45.